The van der Waals surface area contributed by atoms with Crippen LogP contribution >= 0.6 is 0 Å². The molecule has 2 unspecified atom stereocenters. The Balaban J connectivity index is 2.22. The fourth-order valence-corrected chi connectivity index (χ4v) is 3.05. The second-order valence-corrected chi connectivity index (χ2v) is 5.06. The van der Waals surface area contributed by atoms with Crippen LogP contribution in [0.15, 0.2) is 24.3 Å². The van der Waals surface area contributed by atoms with Gasteiger partial charge in [0, 0.05) is 0 Å². The van der Waals surface area contributed by atoms with Gasteiger partial charge in [0.25, 0.3) is 0 Å². The van der Waals surface area contributed by atoms with Crippen LogP contribution in [-0.4, -0.2) is 0 Å². The van der Waals surface area contributed by atoms with Crippen LogP contribution in [0, 0.1) is 11.3 Å². The van der Waals surface area contributed by atoms with Gasteiger partial charge in [-0.25, -0.2) is 0 Å². The van der Waals surface area contributed by atoms with Crippen molar-refractivity contribution in [3.8, 4) is 0 Å². The standard InChI is InChI=1S/C13H20/c1-10-7-8-13(3)11(2)5-4-6-12(13)9-10/h12H,1-2,4-9H2,3H3. The Morgan fingerprint density at radius 1 is 1.31 bits per heavy atom. The van der Waals surface area contributed by atoms with E-state index in [1.54, 1.807) is 0 Å². The lowest BCUT2D eigenvalue weighted by atomic mass is 9.58. The van der Waals surface area contributed by atoms with Gasteiger partial charge >= 0.3 is 0 Å². The average molecular weight is 176 g/mol. The summed E-state index contributed by atoms with van der Waals surface area (Å²) in [4.78, 5) is 0. The number of hydrogen-bond donors (Lipinski definition) is 0. The molecule has 2 saturated carbocycles. The molecule has 0 saturated heterocycles. The fourth-order valence-electron chi connectivity index (χ4n) is 3.05. The third-order valence-electron chi connectivity index (χ3n) is 4.27. The van der Waals surface area contributed by atoms with E-state index in [0.29, 0.717) is 5.41 Å². The Bertz CT molecular complexity index is 249. The van der Waals surface area contributed by atoms with Crippen molar-refractivity contribution in [2.45, 2.75) is 45.4 Å². The molecular formula is C13H20. The zero-order valence-corrected chi connectivity index (χ0v) is 8.73. The second-order valence-electron chi connectivity index (χ2n) is 5.06. The zero-order valence-electron chi connectivity index (χ0n) is 8.73. The van der Waals surface area contributed by atoms with Crippen molar-refractivity contribution >= 4 is 0 Å². The maximum Gasteiger partial charge on any atom is -0.00847 e. The first-order valence-electron chi connectivity index (χ1n) is 5.48. The number of allylic oxidation sites excluding steroid dienone is 2. The Morgan fingerprint density at radius 2 is 2.08 bits per heavy atom. The maximum atomic E-state index is 4.27. The zero-order chi connectivity index (χ0) is 9.47. The molecule has 13 heavy (non-hydrogen) atoms. The van der Waals surface area contributed by atoms with Crippen LogP contribution in [0.1, 0.15) is 45.4 Å². The van der Waals surface area contributed by atoms with E-state index in [0.717, 1.165) is 5.92 Å². The summed E-state index contributed by atoms with van der Waals surface area (Å²) in [5.74, 6) is 0.856. The lowest BCUT2D eigenvalue weighted by molar-refractivity contribution is 0.146. The highest BCUT2D eigenvalue weighted by atomic mass is 14.5. The van der Waals surface area contributed by atoms with Crippen molar-refractivity contribution in [1.29, 1.82) is 0 Å². The van der Waals surface area contributed by atoms with E-state index in [4.69, 9.17) is 0 Å². The first-order chi connectivity index (χ1) is 6.13. The molecule has 0 heteroatoms. The smallest absolute Gasteiger partial charge is 0.00847 e. The predicted octanol–water partition coefficient (Wildman–Crippen LogP) is 4.09. The highest BCUT2D eigenvalue weighted by molar-refractivity contribution is 5.19. The van der Waals surface area contributed by atoms with Crippen molar-refractivity contribution in [2.24, 2.45) is 11.3 Å². The fraction of sp³-hybridized carbons (Fsp3) is 0.692. The summed E-state index contributed by atoms with van der Waals surface area (Å²) in [6.45, 7) is 10.8. The molecule has 2 rings (SSSR count). The van der Waals surface area contributed by atoms with Gasteiger partial charge in [-0.05, 0) is 49.9 Å². The molecule has 0 nitrogen and oxygen atoms in total. The minimum absolute atomic E-state index is 0.458. The molecule has 2 aliphatic carbocycles. The van der Waals surface area contributed by atoms with Crippen molar-refractivity contribution in [1.82, 2.24) is 0 Å². The second kappa shape index (κ2) is 3.01. The largest absolute Gasteiger partial charge is 0.0999 e. The van der Waals surface area contributed by atoms with Gasteiger partial charge in [0.05, 0.1) is 0 Å². The molecule has 0 aromatic rings. The van der Waals surface area contributed by atoms with E-state index in [-0.39, 0.29) is 0 Å². The summed E-state index contributed by atoms with van der Waals surface area (Å²) in [5, 5.41) is 0. The molecule has 0 aliphatic heterocycles. The molecule has 0 aromatic carbocycles. The van der Waals surface area contributed by atoms with Gasteiger partial charge in [-0.1, -0.05) is 31.2 Å². The third kappa shape index (κ3) is 1.37. The topological polar surface area (TPSA) is 0 Å². The van der Waals surface area contributed by atoms with Crippen molar-refractivity contribution in [3.05, 3.63) is 24.3 Å². The van der Waals surface area contributed by atoms with Gasteiger partial charge < -0.3 is 0 Å². The molecule has 0 spiro atoms. The Hall–Kier alpha value is -0.520. The van der Waals surface area contributed by atoms with Crippen molar-refractivity contribution < 1.29 is 0 Å². The summed E-state index contributed by atoms with van der Waals surface area (Å²) in [5.41, 5.74) is 3.44. The van der Waals surface area contributed by atoms with Crippen LogP contribution in [0.25, 0.3) is 0 Å². The lowest BCUT2D eigenvalue weighted by Crippen LogP contribution is -2.36. The normalized spacial score (nSPS) is 40.2. The van der Waals surface area contributed by atoms with E-state index in [1.165, 1.54) is 49.7 Å². The Morgan fingerprint density at radius 3 is 2.85 bits per heavy atom. The minimum atomic E-state index is 0.458. The summed E-state index contributed by atoms with van der Waals surface area (Å²) in [6.07, 6.45) is 7.80. The Kier molecular flexibility index (Phi) is 2.09. The van der Waals surface area contributed by atoms with Crippen LogP contribution in [0.2, 0.25) is 0 Å². The molecule has 0 bridgehead atoms. The van der Waals surface area contributed by atoms with Crippen molar-refractivity contribution in [3.63, 3.8) is 0 Å². The Labute approximate surface area is 81.7 Å². The van der Waals surface area contributed by atoms with Crippen LogP contribution < -0.4 is 0 Å². The molecule has 0 aromatic heterocycles. The van der Waals surface area contributed by atoms with Crippen LogP contribution in [-0.2, 0) is 0 Å². The summed E-state index contributed by atoms with van der Waals surface area (Å²) in [7, 11) is 0. The predicted molar refractivity (Wildman–Crippen MR) is 57.6 cm³/mol. The summed E-state index contributed by atoms with van der Waals surface area (Å²) in [6, 6.07) is 0. The molecule has 0 amide bonds. The first-order valence-corrected chi connectivity index (χ1v) is 5.48. The SMILES string of the molecule is C=C1CCC2(C)C(=C)CCCC2C1. The molecule has 2 aliphatic rings. The molecule has 0 heterocycles. The summed E-state index contributed by atoms with van der Waals surface area (Å²) >= 11 is 0. The van der Waals surface area contributed by atoms with Gasteiger partial charge in [-0.3, -0.25) is 0 Å². The molecule has 0 N–H and O–H groups in total. The van der Waals surface area contributed by atoms with Gasteiger partial charge in [0.1, 0.15) is 0 Å². The average Bonchev–Trinajstić information content (AvgIpc) is 2.09. The first kappa shape index (κ1) is 9.05. The van der Waals surface area contributed by atoms with Gasteiger partial charge in [0.15, 0.2) is 0 Å². The van der Waals surface area contributed by atoms with Crippen molar-refractivity contribution in [2.75, 3.05) is 0 Å². The van der Waals surface area contributed by atoms with Gasteiger partial charge in [-0.15, -0.1) is 0 Å². The minimum Gasteiger partial charge on any atom is -0.0999 e. The van der Waals surface area contributed by atoms with Gasteiger partial charge in [0.2, 0.25) is 0 Å². The molecule has 2 atom stereocenters. The van der Waals surface area contributed by atoms with E-state index in [2.05, 4.69) is 20.1 Å². The maximum absolute atomic E-state index is 4.27. The van der Waals surface area contributed by atoms with Crippen LogP contribution in [0.5, 0.6) is 0 Å². The summed E-state index contributed by atoms with van der Waals surface area (Å²) < 4.78 is 0. The van der Waals surface area contributed by atoms with Crippen LogP contribution in [0.3, 0.4) is 0 Å². The lowest BCUT2D eigenvalue weighted by Gasteiger charge is -2.47. The molecule has 0 radical (unpaired) electrons. The van der Waals surface area contributed by atoms with Gasteiger partial charge in [-0.2, -0.15) is 0 Å². The number of hydrogen-bond acceptors (Lipinski definition) is 0. The van der Waals surface area contributed by atoms with E-state index in [1.807, 2.05) is 0 Å². The number of rotatable bonds is 0. The molecule has 72 valence electrons. The van der Waals surface area contributed by atoms with E-state index < -0.39 is 0 Å². The highest BCUT2D eigenvalue weighted by Gasteiger charge is 2.41. The van der Waals surface area contributed by atoms with E-state index in [9.17, 15) is 0 Å². The monoisotopic (exact) mass is 176 g/mol. The quantitative estimate of drug-likeness (QED) is 0.488. The third-order valence-corrected chi connectivity index (χ3v) is 4.27. The molecular weight excluding hydrogens is 156 g/mol. The number of fused-ring (bicyclic) bond motifs is 1. The van der Waals surface area contributed by atoms with Crippen LogP contribution in [0.4, 0.5) is 0 Å². The van der Waals surface area contributed by atoms with E-state index >= 15 is 0 Å². The highest BCUT2D eigenvalue weighted by Crippen LogP contribution is 2.53. The molecule has 2 fully saturated rings.